The number of methoxy groups -OCH3 is 1. The standard InChI is InChI=1S/C19H17BrO3S/c1-3-8-23-19-14(20)9-12(10-15(19)22-2)11-17-18(21)13-6-4-5-7-16(13)24-17/h4-7,9-11H,3,8H2,1-2H3/b17-11+. The van der Waals surface area contributed by atoms with Crippen LogP contribution in [0, 0.1) is 0 Å². The Morgan fingerprint density at radius 2 is 2.04 bits per heavy atom. The van der Waals surface area contributed by atoms with E-state index < -0.39 is 0 Å². The van der Waals surface area contributed by atoms with Gasteiger partial charge in [-0.3, -0.25) is 4.79 Å². The number of Topliss-reactive ketones (excluding diaryl/α,β-unsaturated/α-hetero) is 1. The maximum atomic E-state index is 12.5. The summed E-state index contributed by atoms with van der Waals surface area (Å²) < 4.78 is 12.0. The normalized spacial score (nSPS) is 14.8. The van der Waals surface area contributed by atoms with Crippen LogP contribution < -0.4 is 9.47 Å². The lowest BCUT2D eigenvalue weighted by molar-refractivity contribution is 0.104. The molecule has 24 heavy (non-hydrogen) atoms. The molecule has 0 spiro atoms. The van der Waals surface area contributed by atoms with E-state index in [2.05, 4.69) is 22.9 Å². The van der Waals surface area contributed by atoms with E-state index in [1.807, 2.05) is 42.5 Å². The number of fused-ring (bicyclic) bond motifs is 1. The monoisotopic (exact) mass is 404 g/mol. The van der Waals surface area contributed by atoms with E-state index in [1.165, 1.54) is 11.8 Å². The Morgan fingerprint density at radius 1 is 1.25 bits per heavy atom. The SMILES string of the molecule is CCCOc1c(Br)cc(/C=C2/Sc3ccccc3C2=O)cc1OC. The predicted molar refractivity (Wildman–Crippen MR) is 101 cm³/mol. The van der Waals surface area contributed by atoms with Crippen molar-refractivity contribution in [1.29, 1.82) is 0 Å². The van der Waals surface area contributed by atoms with E-state index in [0.29, 0.717) is 23.0 Å². The summed E-state index contributed by atoms with van der Waals surface area (Å²) in [5, 5.41) is 0. The highest BCUT2D eigenvalue weighted by Crippen LogP contribution is 2.42. The molecule has 2 aromatic rings. The van der Waals surface area contributed by atoms with Crippen molar-refractivity contribution in [3.05, 3.63) is 56.9 Å². The Morgan fingerprint density at radius 3 is 2.75 bits per heavy atom. The topological polar surface area (TPSA) is 35.5 Å². The zero-order chi connectivity index (χ0) is 17.1. The number of hydrogen-bond donors (Lipinski definition) is 0. The van der Waals surface area contributed by atoms with Gasteiger partial charge in [-0.2, -0.15) is 0 Å². The van der Waals surface area contributed by atoms with Crippen LogP contribution in [0.3, 0.4) is 0 Å². The number of halogens is 1. The first-order chi connectivity index (χ1) is 11.6. The highest BCUT2D eigenvalue weighted by atomic mass is 79.9. The average molecular weight is 405 g/mol. The molecule has 3 nitrogen and oxygen atoms in total. The average Bonchev–Trinajstić information content (AvgIpc) is 2.90. The number of carbonyl (C=O) groups excluding carboxylic acids is 1. The fraction of sp³-hybridized carbons (Fsp3) is 0.211. The van der Waals surface area contributed by atoms with Gasteiger partial charge >= 0.3 is 0 Å². The smallest absolute Gasteiger partial charge is 0.200 e. The minimum atomic E-state index is 0.0667. The Balaban J connectivity index is 1.94. The summed E-state index contributed by atoms with van der Waals surface area (Å²) in [5.74, 6) is 1.41. The van der Waals surface area contributed by atoms with E-state index >= 15 is 0 Å². The van der Waals surface area contributed by atoms with Crippen molar-refractivity contribution in [2.24, 2.45) is 0 Å². The third kappa shape index (κ3) is 3.37. The van der Waals surface area contributed by atoms with Crippen LogP contribution in [-0.2, 0) is 0 Å². The molecule has 0 saturated heterocycles. The van der Waals surface area contributed by atoms with Crippen molar-refractivity contribution in [1.82, 2.24) is 0 Å². The highest BCUT2D eigenvalue weighted by molar-refractivity contribution is 9.10. The molecular formula is C19H17BrO3S. The van der Waals surface area contributed by atoms with Crippen LogP contribution in [0.5, 0.6) is 11.5 Å². The summed E-state index contributed by atoms with van der Waals surface area (Å²) in [7, 11) is 1.61. The zero-order valence-electron chi connectivity index (χ0n) is 13.5. The number of rotatable bonds is 5. The van der Waals surface area contributed by atoms with Crippen LogP contribution in [0.4, 0.5) is 0 Å². The van der Waals surface area contributed by atoms with Crippen molar-refractivity contribution in [2.75, 3.05) is 13.7 Å². The third-order valence-corrected chi connectivity index (χ3v) is 5.26. The van der Waals surface area contributed by atoms with Gasteiger partial charge in [-0.25, -0.2) is 0 Å². The highest BCUT2D eigenvalue weighted by Gasteiger charge is 2.25. The Hall–Kier alpha value is -1.72. The zero-order valence-corrected chi connectivity index (χ0v) is 15.9. The molecule has 124 valence electrons. The van der Waals surface area contributed by atoms with Crippen LogP contribution in [-0.4, -0.2) is 19.5 Å². The molecule has 0 radical (unpaired) electrons. The van der Waals surface area contributed by atoms with Gasteiger partial charge in [-0.15, -0.1) is 0 Å². The number of benzene rings is 2. The van der Waals surface area contributed by atoms with Gasteiger partial charge in [0, 0.05) is 10.5 Å². The van der Waals surface area contributed by atoms with Crippen molar-refractivity contribution in [3.8, 4) is 11.5 Å². The van der Waals surface area contributed by atoms with Gasteiger partial charge < -0.3 is 9.47 Å². The quantitative estimate of drug-likeness (QED) is 0.609. The van der Waals surface area contributed by atoms with Gasteiger partial charge in [0.25, 0.3) is 0 Å². The lowest BCUT2D eigenvalue weighted by Crippen LogP contribution is -1.99. The molecular weight excluding hydrogens is 388 g/mol. The number of ether oxygens (including phenoxy) is 2. The molecule has 1 aliphatic rings. The molecule has 0 bridgehead atoms. The fourth-order valence-electron chi connectivity index (χ4n) is 2.45. The fourth-order valence-corrected chi connectivity index (χ4v) is 4.08. The summed E-state index contributed by atoms with van der Waals surface area (Å²) in [6.07, 6.45) is 2.81. The number of hydrogen-bond acceptors (Lipinski definition) is 4. The number of carbonyl (C=O) groups is 1. The van der Waals surface area contributed by atoms with Gasteiger partial charge in [-0.05, 0) is 58.3 Å². The molecule has 0 saturated carbocycles. The first-order valence-electron chi connectivity index (χ1n) is 7.67. The van der Waals surface area contributed by atoms with Crippen LogP contribution in [0.25, 0.3) is 6.08 Å². The molecule has 1 aliphatic heterocycles. The summed E-state index contributed by atoms with van der Waals surface area (Å²) in [5.41, 5.74) is 1.66. The second-order valence-corrected chi connectivity index (χ2v) is 7.26. The first-order valence-corrected chi connectivity index (χ1v) is 9.28. The van der Waals surface area contributed by atoms with Gasteiger partial charge in [0.15, 0.2) is 11.5 Å². The molecule has 0 aliphatic carbocycles. The second-order valence-electron chi connectivity index (χ2n) is 5.32. The van der Waals surface area contributed by atoms with E-state index in [1.54, 1.807) is 7.11 Å². The minimum Gasteiger partial charge on any atom is -0.493 e. The number of allylic oxidation sites excluding steroid dienone is 1. The van der Waals surface area contributed by atoms with Gasteiger partial charge in [0.2, 0.25) is 5.78 Å². The van der Waals surface area contributed by atoms with E-state index in [-0.39, 0.29) is 5.78 Å². The largest absolute Gasteiger partial charge is 0.493 e. The summed E-state index contributed by atoms with van der Waals surface area (Å²) >= 11 is 5.04. The predicted octanol–water partition coefficient (Wildman–Crippen LogP) is 5.58. The molecule has 3 rings (SSSR count). The lowest BCUT2D eigenvalue weighted by Gasteiger charge is -2.13. The molecule has 0 fully saturated rings. The Labute approximate surface area is 154 Å². The summed E-state index contributed by atoms with van der Waals surface area (Å²) in [6, 6.07) is 11.5. The van der Waals surface area contributed by atoms with Crippen LogP contribution in [0.15, 0.2) is 50.7 Å². The summed E-state index contributed by atoms with van der Waals surface area (Å²) in [4.78, 5) is 14.2. The second kappa shape index (κ2) is 7.45. The number of thioether (sulfide) groups is 1. The van der Waals surface area contributed by atoms with Crippen molar-refractivity contribution < 1.29 is 14.3 Å². The van der Waals surface area contributed by atoms with Crippen LogP contribution in [0.1, 0.15) is 29.3 Å². The minimum absolute atomic E-state index is 0.0667. The Kier molecular flexibility index (Phi) is 5.31. The number of ketones is 1. The van der Waals surface area contributed by atoms with Crippen molar-refractivity contribution in [2.45, 2.75) is 18.2 Å². The van der Waals surface area contributed by atoms with Gasteiger partial charge in [0.05, 0.1) is 23.1 Å². The Bertz CT molecular complexity index is 814. The first kappa shape index (κ1) is 17.1. The molecule has 0 aromatic heterocycles. The molecule has 1 heterocycles. The lowest BCUT2D eigenvalue weighted by atomic mass is 10.1. The molecule has 0 atom stereocenters. The molecule has 5 heteroatoms. The van der Waals surface area contributed by atoms with E-state index in [4.69, 9.17) is 9.47 Å². The third-order valence-electron chi connectivity index (χ3n) is 3.58. The maximum absolute atomic E-state index is 12.5. The molecule has 0 amide bonds. The summed E-state index contributed by atoms with van der Waals surface area (Å²) in [6.45, 7) is 2.68. The van der Waals surface area contributed by atoms with Crippen LogP contribution >= 0.6 is 27.7 Å². The van der Waals surface area contributed by atoms with Gasteiger partial charge in [-0.1, -0.05) is 30.8 Å². The van der Waals surface area contributed by atoms with Crippen molar-refractivity contribution in [3.63, 3.8) is 0 Å². The van der Waals surface area contributed by atoms with Crippen molar-refractivity contribution >= 4 is 39.6 Å². The van der Waals surface area contributed by atoms with Crippen LogP contribution in [0.2, 0.25) is 0 Å². The molecule has 0 N–H and O–H groups in total. The maximum Gasteiger partial charge on any atom is 0.200 e. The molecule has 2 aromatic carbocycles. The van der Waals surface area contributed by atoms with Gasteiger partial charge in [0.1, 0.15) is 0 Å². The van der Waals surface area contributed by atoms with E-state index in [9.17, 15) is 4.79 Å². The molecule has 0 unspecified atom stereocenters. The van der Waals surface area contributed by atoms with E-state index in [0.717, 1.165) is 26.9 Å².